The number of nitrogens with one attached hydrogen (secondary N) is 2. The van der Waals surface area contributed by atoms with Crippen molar-refractivity contribution in [1.29, 1.82) is 0 Å². The number of carbonyl (C=O) groups is 1. The van der Waals surface area contributed by atoms with E-state index in [0.29, 0.717) is 53.0 Å². The number of hydrogen-bond acceptors (Lipinski definition) is 7. The maximum Gasteiger partial charge on any atom is 0.231 e. The van der Waals surface area contributed by atoms with E-state index in [9.17, 15) is 4.79 Å². The van der Waals surface area contributed by atoms with Gasteiger partial charge in [0.05, 0.1) is 36.2 Å². The molecule has 0 bridgehead atoms. The molecule has 2 aliphatic heterocycles. The molecule has 2 heterocycles. The summed E-state index contributed by atoms with van der Waals surface area (Å²) in [5.74, 6) is 2.63. The molecular weight excluding hydrogens is 492 g/mol. The van der Waals surface area contributed by atoms with Crippen molar-refractivity contribution in [2.45, 2.75) is 31.7 Å². The molecule has 2 atom stereocenters. The van der Waals surface area contributed by atoms with Gasteiger partial charge in [0.25, 0.3) is 0 Å². The van der Waals surface area contributed by atoms with Crippen LogP contribution in [-0.2, 0) is 4.79 Å². The van der Waals surface area contributed by atoms with E-state index in [1.54, 1.807) is 13.2 Å². The van der Waals surface area contributed by atoms with Gasteiger partial charge in [-0.3, -0.25) is 4.79 Å². The third-order valence-electron chi connectivity index (χ3n) is 7.07. The third-order valence-corrected chi connectivity index (χ3v) is 7.40. The first kappa shape index (κ1) is 23.6. The largest absolute Gasteiger partial charge is 0.493 e. The summed E-state index contributed by atoms with van der Waals surface area (Å²) in [5, 5.41) is 7.65. The molecule has 0 amide bonds. The Kier molecular flexibility index (Phi) is 6.08. The van der Waals surface area contributed by atoms with E-state index in [0.717, 1.165) is 28.2 Å². The summed E-state index contributed by atoms with van der Waals surface area (Å²) in [6.07, 6.45) is 1.03. The van der Waals surface area contributed by atoms with Crippen LogP contribution >= 0.6 is 11.6 Å². The number of para-hydroxylation sites is 2. The normalized spacial score (nSPS) is 19.8. The number of rotatable bonds is 5. The number of hydrogen-bond donors (Lipinski definition) is 2. The molecule has 1 aliphatic carbocycles. The highest BCUT2D eigenvalue weighted by atomic mass is 35.5. The van der Waals surface area contributed by atoms with Crippen molar-refractivity contribution in [2.75, 3.05) is 31.1 Å². The molecule has 190 valence electrons. The Labute approximate surface area is 220 Å². The number of halogens is 1. The van der Waals surface area contributed by atoms with E-state index in [1.807, 2.05) is 55.5 Å². The first-order chi connectivity index (χ1) is 18.1. The molecule has 0 aromatic heterocycles. The summed E-state index contributed by atoms with van der Waals surface area (Å²) in [7, 11) is 1.63. The molecule has 0 spiro atoms. The zero-order valence-electron chi connectivity index (χ0n) is 20.6. The van der Waals surface area contributed by atoms with E-state index in [2.05, 4.69) is 10.6 Å². The minimum absolute atomic E-state index is 0.0125. The molecule has 7 nitrogen and oxygen atoms in total. The van der Waals surface area contributed by atoms with Crippen LogP contribution in [0.1, 0.15) is 42.9 Å². The summed E-state index contributed by atoms with van der Waals surface area (Å²) >= 11 is 6.74. The second-order valence-electron chi connectivity index (χ2n) is 9.24. The third kappa shape index (κ3) is 4.23. The Morgan fingerprint density at radius 3 is 2.57 bits per heavy atom. The molecule has 0 unspecified atom stereocenters. The van der Waals surface area contributed by atoms with Crippen molar-refractivity contribution >= 4 is 28.8 Å². The van der Waals surface area contributed by atoms with Crippen molar-refractivity contribution in [3.8, 4) is 23.0 Å². The second kappa shape index (κ2) is 9.56. The van der Waals surface area contributed by atoms with Gasteiger partial charge in [0, 0.05) is 29.3 Å². The average Bonchev–Trinajstić information content (AvgIpc) is 3.28. The molecule has 2 N–H and O–H groups in total. The lowest BCUT2D eigenvalue weighted by Crippen LogP contribution is -2.27. The number of carbonyl (C=O) groups excluding carboxylic acids is 1. The van der Waals surface area contributed by atoms with E-state index in [4.69, 9.17) is 30.5 Å². The first-order valence-corrected chi connectivity index (χ1v) is 12.7. The lowest BCUT2D eigenvalue weighted by molar-refractivity contribution is -0.116. The van der Waals surface area contributed by atoms with Crippen molar-refractivity contribution < 1.29 is 23.7 Å². The van der Waals surface area contributed by atoms with E-state index in [-0.39, 0.29) is 18.5 Å². The molecule has 0 saturated carbocycles. The van der Waals surface area contributed by atoms with Gasteiger partial charge in [-0.15, -0.1) is 0 Å². The molecule has 3 aromatic carbocycles. The lowest BCUT2D eigenvalue weighted by Gasteiger charge is -2.30. The zero-order chi connectivity index (χ0) is 25.5. The number of ketones is 1. The van der Waals surface area contributed by atoms with Crippen LogP contribution in [-0.4, -0.2) is 26.3 Å². The minimum atomic E-state index is -0.448. The fourth-order valence-electron chi connectivity index (χ4n) is 5.33. The Hall–Kier alpha value is -3.84. The SMILES string of the molecule is CCOc1ccc([C@H]2CC(=O)C3=C(C2)Nc2ccccc2N[C@H]3c2cc3c(cc2Cl)OCO3)cc1OC. The van der Waals surface area contributed by atoms with Crippen LogP contribution in [0.3, 0.4) is 0 Å². The first-order valence-electron chi connectivity index (χ1n) is 12.3. The summed E-state index contributed by atoms with van der Waals surface area (Å²) in [6.45, 7) is 2.64. The van der Waals surface area contributed by atoms with Gasteiger partial charge in [-0.1, -0.05) is 29.8 Å². The molecule has 0 saturated heterocycles. The predicted octanol–water partition coefficient (Wildman–Crippen LogP) is 6.46. The van der Waals surface area contributed by atoms with E-state index >= 15 is 0 Å². The average molecular weight is 519 g/mol. The Morgan fingerprint density at radius 1 is 1.00 bits per heavy atom. The fraction of sp³-hybridized carbons (Fsp3) is 0.276. The molecule has 0 fully saturated rings. The molecule has 8 heteroatoms. The van der Waals surface area contributed by atoms with Crippen LogP contribution in [0.25, 0.3) is 0 Å². The van der Waals surface area contributed by atoms with Crippen molar-refractivity contribution in [1.82, 2.24) is 0 Å². The standard InChI is InChI=1S/C29H27ClN2O5/c1-3-35-24-9-8-16(12-25(24)34-2)17-10-22-28(23(33)11-17)29(32-21-7-5-4-6-20(21)31-22)18-13-26-27(14-19(18)30)37-15-36-26/h4-9,12-14,17,29,31-32H,3,10-11,15H2,1-2H3/t17-,29+/m1/s1. The Balaban J connectivity index is 1.43. The van der Waals surface area contributed by atoms with Crippen LogP contribution in [0, 0.1) is 0 Å². The monoisotopic (exact) mass is 518 g/mol. The van der Waals surface area contributed by atoms with Crippen molar-refractivity contribution in [2.24, 2.45) is 0 Å². The molecule has 3 aliphatic rings. The van der Waals surface area contributed by atoms with Gasteiger partial charge in [0.15, 0.2) is 28.8 Å². The maximum atomic E-state index is 13.9. The molecule has 3 aromatic rings. The summed E-state index contributed by atoms with van der Waals surface area (Å²) in [4.78, 5) is 13.9. The van der Waals surface area contributed by atoms with Gasteiger partial charge in [-0.05, 0) is 55.2 Å². The topological polar surface area (TPSA) is 78.1 Å². The number of allylic oxidation sites excluding steroid dienone is 1. The van der Waals surface area contributed by atoms with Gasteiger partial charge in [-0.2, -0.15) is 0 Å². The summed E-state index contributed by atoms with van der Waals surface area (Å²) < 4.78 is 22.4. The highest BCUT2D eigenvalue weighted by Crippen LogP contribution is 2.48. The molecule has 37 heavy (non-hydrogen) atoms. The van der Waals surface area contributed by atoms with Gasteiger partial charge < -0.3 is 29.6 Å². The van der Waals surface area contributed by atoms with Crippen LogP contribution < -0.4 is 29.6 Å². The van der Waals surface area contributed by atoms with Crippen LogP contribution in [0.2, 0.25) is 5.02 Å². The maximum absolute atomic E-state index is 13.9. The van der Waals surface area contributed by atoms with Crippen molar-refractivity contribution in [3.05, 3.63) is 82.0 Å². The number of ether oxygens (including phenoxy) is 4. The van der Waals surface area contributed by atoms with Gasteiger partial charge in [0.1, 0.15) is 0 Å². The van der Waals surface area contributed by atoms with Crippen LogP contribution in [0.5, 0.6) is 23.0 Å². The Bertz CT molecular complexity index is 1420. The molecular formula is C29H27ClN2O5. The Morgan fingerprint density at radius 2 is 1.78 bits per heavy atom. The quantitative estimate of drug-likeness (QED) is 0.401. The zero-order valence-corrected chi connectivity index (χ0v) is 21.4. The lowest BCUT2D eigenvalue weighted by atomic mass is 9.78. The smallest absolute Gasteiger partial charge is 0.231 e. The van der Waals surface area contributed by atoms with Crippen LogP contribution in [0.15, 0.2) is 65.9 Å². The number of anilines is 2. The van der Waals surface area contributed by atoms with Crippen molar-refractivity contribution in [3.63, 3.8) is 0 Å². The summed E-state index contributed by atoms with van der Waals surface area (Å²) in [6, 6.07) is 17.0. The second-order valence-corrected chi connectivity index (χ2v) is 9.65. The number of methoxy groups -OCH3 is 1. The molecule has 0 radical (unpaired) electrons. The summed E-state index contributed by atoms with van der Waals surface area (Å²) in [5.41, 5.74) is 5.17. The number of fused-ring (bicyclic) bond motifs is 2. The fourth-order valence-corrected chi connectivity index (χ4v) is 5.59. The van der Waals surface area contributed by atoms with Gasteiger partial charge in [0.2, 0.25) is 6.79 Å². The molecule has 6 rings (SSSR count). The van der Waals surface area contributed by atoms with Gasteiger partial charge in [-0.25, -0.2) is 0 Å². The minimum Gasteiger partial charge on any atom is -0.493 e. The highest BCUT2D eigenvalue weighted by molar-refractivity contribution is 6.31. The predicted molar refractivity (Wildman–Crippen MR) is 142 cm³/mol. The highest BCUT2D eigenvalue weighted by Gasteiger charge is 2.37. The van der Waals surface area contributed by atoms with E-state index < -0.39 is 6.04 Å². The van der Waals surface area contributed by atoms with Crippen LogP contribution in [0.4, 0.5) is 11.4 Å². The number of benzene rings is 3. The van der Waals surface area contributed by atoms with Gasteiger partial charge >= 0.3 is 0 Å². The van der Waals surface area contributed by atoms with E-state index in [1.165, 1.54) is 0 Å². The number of Topliss-reactive ketones (excluding diaryl/α,β-unsaturated/α-hetero) is 1.